The molecule has 1 aliphatic heterocycles. The number of rotatable bonds is 2. The monoisotopic (exact) mass is 303 g/mol. The Morgan fingerprint density at radius 2 is 1.95 bits per heavy atom. The molecule has 1 aromatic carbocycles. The van der Waals surface area contributed by atoms with Gasteiger partial charge in [-0.2, -0.15) is 0 Å². The van der Waals surface area contributed by atoms with Gasteiger partial charge in [0.25, 0.3) is 0 Å². The molecule has 3 rings (SSSR count). The van der Waals surface area contributed by atoms with Gasteiger partial charge >= 0.3 is 0 Å². The molecule has 1 unspecified atom stereocenters. The molecule has 1 saturated heterocycles. The highest BCUT2D eigenvalue weighted by atomic mass is 16.7. The van der Waals surface area contributed by atoms with Crippen LogP contribution in [0.25, 0.3) is 0 Å². The summed E-state index contributed by atoms with van der Waals surface area (Å²) in [6.45, 7) is 11.6. The van der Waals surface area contributed by atoms with Crippen molar-refractivity contribution in [1.82, 2.24) is 0 Å². The van der Waals surface area contributed by atoms with Crippen LogP contribution in [0.1, 0.15) is 43.4 Å². The first-order valence-corrected chi connectivity index (χ1v) is 8.33. The van der Waals surface area contributed by atoms with Gasteiger partial charge in [-0.15, -0.1) is 6.58 Å². The van der Waals surface area contributed by atoms with E-state index in [9.17, 15) is 0 Å². The van der Waals surface area contributed by atoms with Crippen molar-refractivity contribution in [3.05, 3.63) is 41.5 Å². The summed E-state index contributed by atoms with van der Waals surface area (Å²) in [5, 5.41) is 0. The maximum absolute atomic E-state index is 6.03. The average Bonchev–Trinajstić information content (AvgIpc) is 2.95. The van der Waals surface area contributed by atoms with Crippen LogP contribution in [-0.4, -0.2) is 19.0 Å². The van der Waals surface area contributed by atoms with Crippen molar-refractivity contribution in [3.63, 3.8) is 0 Å². The van der Waals surface area contributed by atoms with E-state index in [0.29, 0.717) is 19.1 Å². The van der Waals surface area contributed by atoms with Crippen LogP contribution >= 0.6 is 0 Å². The summed E-state index contributed by atoms with van der Waals surface area (Å²) < 4.78 is 11.9. The Morgan fingerprint density at radius 3 is 2.55 bits per heavy atom. The molecule has 3 nitrogen and oxygen atoms in total. The first kappa shape index (κ1) is 17.0. The van der Waals surface area contributed by atoms with Gasteiger partial charge in [0.1, 0.15) is 0 Å². The van der Waals surface area contributed by atoms with Gasteiger partial charge in [0.2, 0.25) is 0 Å². The van der Waals surface area contributed by atoms with Crippen molar-refractivity contribution in [2.75, 3.05) is 18.9 Å². The van der Waals surface area contributed by atoms with Gasteiger partial charge < -0.3 is 15.2 Å². The van der Waals surface area contributed by atoms with Crippen molar-refractivity contribution in [2.24, 2.45) is 5.92 Å². The maximum atomic E-state index is 6.03. The SMILES string of the molecule is C=CCC1Cc2c(ccc(N)c2C)CC12OCCO2.CCC. The molecule has 1 aromatic rings. The summed E-state index contributed by atoms with van der Waals surface area (Å²) in [6, 6.07) is 4.11. The Morgan fingerprint density at radius 1 is 1.32 bits per heavy atom. The zero-order valence-corrected chi connectivity index (χ0v) is 14.2. The van der Waals surface area contributed by atoms with E-state index in [1.807, 2.05) is 12.1 Å². The van der Waals surface area contributed by atoms with Gasteiger partial charge in [-0.25, -0.2) is 0 Å². The van der Waals surface area contributed by atoms with E-state index in [2.05, 4.69) is 33.4 Å². The third kappa shape index (κ3) is 3.21. The summed E-state index contributed by atoms with van der Waals surface area (Å²) in [5.74, 6) is -0.107. The van der Waals surface area contributed by atoms with Gasteiger partial charge in [-0.05, 0) is 42.5 Å². The zero-order valence-electron chi connectivity index (χ0n) is 14.2. The number of fused-ring (bicyclic) bond motifs is 1. The topological polar surface area (TPSA) is 44.5 Å². The van der Waals surface area contributed by atoms with E-state index in [-0.39, 0.29) is 0 Å². The van der Waals surface area contributed by atoms with Gasteiger partial charge in [0.05, 0.1) is 13.2 Å². The first-order chi connectivity index (χ1) is 10.6. The molecular weight excluding hydrogens is 274 g/mol. The second kappa shape index (κ2) is 7.30. The number of nitrogen functional groups attached to an aromatic ring is 1. The Balaban J connectivity index is 0.000000545. The average molecular weight is 303 g/mol. The number of nitrogens with two attached hydrogens (primary N) is 1. The molecule has 1 fully saturated rings. The second-order valence-corrected chi connectivity index (χ2v) is 6.24. The quantitative estimate of drug-likeness (QED) is 0.663. The van der Waals surface area contributed by atoms with Crippen LogP contribution in [0.5, 0.6) is 0 Å². The fourth-order valence-corrected chi connectivity index (χ4v) is 3.36. The number of anilines is 1. The number of benzene rings is 1. The molecule has 0 amide bonds. The van der Waals surface area contributed by atoms with Crippen LogP contribution in [0.3, 0.4) is 0 Å². The summed E-state index contributed by atoms with van der Waals surface area (Å²) in [6.07, 6.45) is 5.90. The Hall–Kier alpha value is -1.32. The van der Waals surface area contributed by atoms with Crippen molar-refractivity contribution in [3.8, 4) is 0 Å². The minimum absolute atomic E-state index is 0.334. The molecule has 1 heterocycles. The molecule has 2 aliphatic rings. The predicted molar refractivity (Wildman–Crippen MR) is 91.9 cm³/mol. The second-order valence-electron chi connectivity index (χ2n) is 6.24. The standard InChI is InChI=1S/C16H21NO2.C3H8/c1-3-4-13-9-14-11(2)15(17)6-5-12(14)10-16(13)18-7-8-19-16;1-3-2/h3,5-6,13H,1,4,7-10,17H2,2H3;3H2,1-2H3. The van der Waals surface area contributed by atoms with Gasteiger partial charge in [0.15, 0.2) is 5.79 Å². The molecule has 22 heavy (non-hydrogen) atoms. The van der Waals surface area contributed by atoms with Gasteiger partial charge in [0, 0.05) is 18.0 Å². The van der Waals surface area contributed by atoms with Crippen molar-refractivity contribution in [2.45, 2.75) is 52.2 Å². The fourth-order valence-electron chi connectivity index (χ4n) is 3.36. The minimum Gasteiger partial charge on any atom is -0.399 e. The molecule has 0 saturated carbocycles. The van der Waals surface area contributed by atoms with Gasteiger partial charge in [-0.1, -0.05) is 32.4 Å². The highest BCUT2D eigenvalue weighted by Gasteiger charge is 2.47. The zero-order chi connectivity index (χ0) is 16.2. The van der Waals surface area contributed by atoms with Gasteiger partial charge in [-0.3, -0.25) is 0 Å². The van der Waals surface area contributed by atoms with Crippen molar-refractivity contribution >= 4 is 5.69 Å². The Kier molecular flexibility index (Phi) is 5.65. The van der Waals surface area contributed by atoms with E-state index in [1.165, 1.54) is 23.1 Å². The Labute approximate surface area is 134 Å². The molecule has 1 spiro atoms. The third-order valence-corrected chi connectivity index (χ3v) is 4.47. The van der Waals surface area contributed by atoms with Crippen LogP contribution in [-0.2, 0) is 22.3 Å². The van der Waals surface area contributed by atoms with Crippen molar-refractivity contribution < 1.29 is 9.47 Å². The highest BCUT2D eigenvalue weighted by molar-refractivity contribution is 5.54. The first-order valence-electron chi connectivity index (χ1n) is 8.33. The number of hydrogen-bond donors (Lipinski definition) is 1. The van der Waals surface area contributed by atoms with E-state index < -0.39 is 5.79 Å². The van der Waals surface area contributed by atoms with E-state index in [4.69, 9.17) is 15.2 Å². The minimum atomic E-state index is -0.441. The van der Waals surface area contributed by atoms with E-state index in [0.717, 1.165) is 24.9 Å². The third-order valence-electron chi connectivity index (χ3n) is 4.47. The lowest BCUT2D eigenvalue weighted by molar-refractivity contribution is -0.197. The fraction of sp³-hybridized carbons (Fsp3) is 0.579. The molecular formula is C19H29NO2. The lowest BCUT2D eigenvalue weighted by Gasteiger charge is -2.40. The normalized spacial score (nSPS) is 21.9. The largest absolute Gasteiger partial charge is 0.399 e. The van der Waals surface area contributed by atoms with Crippen LogP contribution < -0.4 is 5.73 Å². The summed E-state index contributed by atoms with van der Waals surface area (Å²) in [4.78, 5) is 0. The van der Waals surface area contributed by atoms with Crippen LogP contribution in [0.2, 0.25) is 0 Å². The van der Waals surface area contributed by atoms with Crippen molar-refractivity contribution in [1.29, 1.82) is 0 Å². The highest BCUT2D eigenvalue weighted by Crippen LogP contribution is 2.42. The molecule has 3 heteroatoms. The smallest absolute Gasteiger partial charge is 0.175 e. The van der Waals surface area contributed by atoms with Crippen LogP contribution in [0.15, 0.2) is 24.8 Å². The van der Waals surface area contributed by atoms with E-state index >= 15 is 0 Å². The van der Waals surface area contributed by atoms with Crippen LogP contribution in [0, 0.1) is 12.8 Å². The Bertz CT molecular complexity index is 518. The molecule has 1 aliphatic carbocycles. The molecule has 0 radical (unpaired) electrons. The molecule has 2 N–H and O–H groups in total. The molecule has 122 valence electrons. The predicted octanol–water partition coefficient (Wildman–Crippen LogP) is 4.03. The summed E-state index contributed by atoms with van der Waals surface area (Å²) in [5.41, 5.74) is 10.8. The number of hydrogen-bond acceptors (Lipinski definition) is 3. The number of ether oxygens (including phenoxy) is 2. The van der Waals surface area contributed by atoms with E-state index in [1.54, 1.807) is 0 Å². The molecule has 0 bridgehead atoms. The lowest BCUT2D eigenvalue weighted by atomic mass is 9.76. The summed E-state index contributed by atoms with van der Waals surface area (Å²) in [7, 11) is 0. The van der Waals surface area contributed by atoms with Crippen LogP contribution in [0.4, 0.5) is 5.69 Å². The molecule has 1 atom stereocenters. The maximum Gasteiger partial charge on any atom is 0.175 e. The summed E-state index contributed by atoms with van der Waals surface area (Å²) >= 11 is 0. The lowest BCUT2D eigenvalue weighted by Crippen LogP contribution is -2.45. The number of allylic oxidation sites excluding steroid dienone is 1. The molecule has 0 aromatic heterocycles.